The first-order valence-electron chi connectivity index (χ1n) is 8.08. The second kappa shape index (κ2) is 9.13. The summed E-state index contributed by atoms with van der Waals surface area (Å²) in [5, 5.41) is 3.27. The summed E-state index contributed by atoms with van der Waals surface area (Å²) in [6, 6.07) is 10.3. The Morgan fingerprint density at radius 2 is 1.68 bits per heavy atom. The van der Waals surface area contributed by atoms with Crippen LogP contribution >= 0.6 is 0 Å². The smallest absolute Gasteiger partial charge is 0.222 e. The van der Waals surface area contributed by atoms with Gasteiger partial charge in [0.15, 0.2) is 0 Å². The maximum absolute atomic E-state index is 13.1. The molecular formula is C19H22F2N2O2. The lowest BCUT2D eigenvalue weighted by molar-refractivity contribution is -0.128. The largest absolute Gasteiger partial charge is 0.457 e. The molecule has 0 atom stereocenters. The van der Waals surface area contributed by atoms with Crippen molar-refractivity contribution in [3.05, 3.63) is 59.7 Å². The standard InChI is InChI=1S/C19H22F2N2O2/c1-23(2)19(24)4-3-9-22-13-14-5-7-17(8-6-14)25-18-11-15(20)10-16(21)12-18/h5-8,10-12,22H,3-4,9,13H2,1-2H3. The molecule has 0 aliphatic rings. The summed E-state index contributed by atoms with van der Waals surface area (Å²) in [5.41, 5.74) is 1.05. The molecule has 134 valence electrons. The first-order chi connectivity index (χ1) is 11.9. The third-order valence-electron chi connectivity index (χ3n) is 3.57. The van der Waals surface area contributed by atoms with Crippen molar-refractivity contribution in [2.75, 3.05) is 20.6 Å². The lowest BCUT2D eigenvalue weighted by atomic mass is 10.2. The number of carbonyl (C=O) groups is 1. The number of carbonyl (C=O) groups excluding carboxylic acids is 1. The molecule has 2 aromatic carbocycles. The minimum absolute atomic E-state index is 0.119. The van der Waals surface area contributed by atoms with E-state index in [1.807, 2.05) is 12.1 Å². The summed E-state index contributed by atoms with van der Waals surface area (Å²) >= 11 is 0. The SMILES string of the molecule is CN(C)C(=O)CCCNCc1ccc(Oc2cc(F)cc(F)c2)cc1. The number of amides is 1. The average Bonchev–Trinajstić information content (AvgIpc) is 2.54. The molecule has 0 heterocycles. The number of nitrogens with zero attached hydrogens (tertiary/aromatic N) is 1. The van der Waals surface area contributed by atoms with Gasteiger partial charge in [-0.2, -0.15) is 0 Å². The maximum Gasteiger partial charge on any atom is 0.222 e. The van der Waals surface area contributed by atoms with Crippen LogP contribution in [0.15, 0.2) is 42.5 Å². The van der Waals surface area contributed by atoms with Gasteiger partial charge >= 0.3 is 0 Å². The van der Waals surface area contributed by atoms with E-state index in [9.17, 15) is 13.6 Å². The quantitative estimate of drug-likeness (QED) is 0.740. The molecule has 0 fully saturated rings. The zero-order valence-corrected chi connectivity index (χ0v) is 14.4. The van der Waals surface area contributed by atoms with Crippen LogP contribution in [0.2, 0.25) is 0 Å². The van der Waals surface area contributed by atoms with Gasteiger partial charge in [0, 0.05) is 45.3 Å². The fourth-order valence-electron chi connectivity index (χ4n) is 2.22. The van der Waals surface area contributed by atoms with Gasteiger partial charge in [0.25, 0.3) is 0 Å². The topological polar surface area (TPSA) is 41.6 Å². The van der Waals surface area contributed by atoms with Crippen LogP contribution in [-0.2, 0) is 11.3 Å². The van der Waals surface area contributed by atoms with E-state index in [1.165, 1.54) is 0 Å². The van der Waals surface area contributed by atoms with Crippen molar-refractivity contribution < 1.29 is 18.3 Å². The highest BCUT2D eigenvalue weighted by Crippen LogP contribution is 2.23. The van der Waals surface area contributed by atoms with Gasteiger partial charge in [0.1, 0.15) is 23.1 Å². The van der Waals surface area contributed by atoms with Crippen molar-refractivity contribution in [3.8, 4) is 11.5 Å². The Kier molecular flexibility index (Phi) is 6.89. The lowest BCUT2D eigenvalue weighted by Crippen LogP contribution is -2.23. The van der Waals surface area contributed by atoms with Crippen LogP contribution in [0, 0.1) is 11.6 Å². The van der Waals surface area contributed by atoms with Gasteiger partial charge in [0.05, 0.1) is 0 Å². The van der Waals surface area contributed by atoms with Gasteiger partial charge in [-0.05, 0) is 30.7 Å². The van der Waals surface area contributed by atoms with Crippen molar-refractivity contribution in [2.24, 2.45) is 0 Å². The molecule has 1 amide bonds. The van der Waals surface area contributed by atoms with Crippen LogP contribution in [0.1, 0.15) is 18.4 Å². The average molecular weight is 348 g/mol. The number of nitrogens with one attached hydrogen (secondary N) is 1. The van der Waals surface area contributed by atoms with Crippen molar-refractivity contribution in [2.45, 2.75) is 19.4 Å². The second-order valence-corrected chi connectivity index (χ2v) is 5.92. The number of hydrogen-bond acceptors (Lipinski definition) is 3. The predicted octanol–water partition coefficient (Wildman–Crippen LogP) is 3.72. The van der Waals surface area contributed by atoms with E-state index in [0.717, 1.165) is 36.7 Å². The molecular weight excluding hydrogens is 326 g/mol. The molecule has 6 heteroatoms. The minimum Gasteiger partial charge on any atom is -0.457 e. The summed E-state index contributed by atoms with van der Waals surface area (Å²) in [5.74, 6) is -0.608. The molecule has 0 bridgehead atoms. The van der Waals surface area contributed by atoms with Gasteiger partial charge in [-0.15, -0.1) is 0 Å². The molecule has 0 saturated heterocycles. The highest BCUT2D eigenvalue weighted by molar-refractivity contribution is 5.75. The minimum atomic E-state index is -0.677. The third-order valence-corrected chi connectivity index (χ3v) is 3.57. The number of benzene rings is 2. The monoisotopic (exact) mass is 348 g/mol. The van der Waals surface area contributed by atoms with Gasteiger partial charge in [-0.3, -0.25) is 4.79 Å². The fourth-order valence-corrected chi connectivity index (χ4v) is 2.22. The van der Waals surface area contributed by atoms with Crippen LogP contribution in [0.5, 0.6) is 11.5 Å². The van der Waals surface area contributed by atoms with E-state index in [1.54, 1.807) is 31.1 Å². The molecule has 0 radical (unpaired) electrons. The highest BCUT2D eigenvalue weighted by atomic mass is 19.1. The molecule has 0 unspecified atom stereocenters. The number of hydrogen-bond donors (Lipinski definition) is 1. The Morgan fingerprint density at radius 1 is 1.04 bits per heavy atom. The molecule has 4 nitrogen and oxygen atoms in total. The summed E-state index contributed by atoms with van der Waals surface area (Å²) in [6.07, 6.45) is 1.31. The van der Waals surface area contributed by atoms with Crippen LogP contribution in [0.3, 0.4) is 0 Å². The Hall–Kier alpha value is -2.47. The van der Waals surface area contributed by atoms with Crippen molar-refractivity contribution in [1.82, 2.24) is 10.2 Å². The Bertz CT molecular complexity index is 683. The van der Waals surface area contributed by atoms with Crippen LogP contribution in [0.25, 0.3) is 0 Å². The Labute approximate surface area is 146 Å². The van der Waals surface area contributed by atoms with Gasteiger partial charge < -0.3 is 15.0 Å². The Balaban J connectivity index is 1.77. The van der Waals surface area contributed by atoms with E-state index in [-0.39, 0.29) is 11.7 Å². The van der Waals surface area contributed by atoms with E-state index in [4.69, 9.17) is 4.74 Å². The second-order valence-electron chi connectivity index (χ2n) is 5.92. The molecule has 25 heavy (non-hydrogen) atoms. The number of rotatable bonds is 8. The van der Waals surface area contributed by atoms with Crippen molar-refractivity contribution in [3.63, 3.8) is 0 Å². The van der Waals surface area contributed by atoms with Crippen molar-refractivity contribution >= 4 is 5.91 Å². The summed E-state index contributed by atoms with van der Waals surface area (Å²) in [7, 11) is 3.50. The molecule has 0 aliphatic heterocycles. The molecule has 1 N–H and O–H groups in total. The van der Waals surface area contributed by atoms with Gasteiger partial charge in [-0.1, -0.05) is 12.1 Å². The van der Waals surface area contributed by atoms with Crippen molar-refractivity contribution in [1.29, 1.82) is 0 Å². The normalized spacial score (nSPS) is 10.6. The van der Waals surface area contributed by atoms with Crippen LogP contribution in [0.4, 0.5) is 8.78 Å². The first kappa shape index (κ1) is 18.9. The van der Waals surface area contributed by atoms with E-state index < -0.39 is 11.6 Å². The number of ether oxygens (including phenoxy) is 1. The summed E-state index contributed by atoms with van der Waals surface area (Å²) in [6.45, 7) is 1.42. The highest BCUT2D eigenvalue weighted by Gasteiger charge is 2.04. The molecule has 0 aliphatic carbocycles. The first-order valence-corrected chi connectivity index (χ1v) is 8.08. The number of halogens is 2. The molecule has 0 spiro atoms. The van der Waals surface area contributed by atoms with E-state index >= 15 is 0 Å². The fraction of sp³-hybridized carbons (Fsp3) is 0.316. The maximum atomic E-state index is 13.1. The third kappa shape index (κ3) is 6.51. The van der Waals surface area contributed by atoms with E-state index in [2.05, 4.69) is 5.32 Å². The predicted molar refractivity (Wildman–Crippen MR) is 92.5 cm³/mol. The molecule has 0 saturated carbocycles. The molecule has 2 aromatic rings. The van der Waals surface area contributed by atoms with Gasteiger partial charge in [-0.25, -0.2) is 8.78 Å². The van der Waals surface area contributed by atoms with E-state index in [0.29, 0.717) is 18.7 Å². The van der Waals surface area contributed by atoms with Gasteiger partial charge in [0.2, 0.25) is 5.91 Å². The summed E-state index contributed by atoms with van der Waals surface area (Å²) < 4.78 is 31.7. The summed E-state index contributed by atoms with van der Waals surface area (Å²) in [4.78, 5) is 13.0. The van der Waals surface area contributed by atoms with Crippen LogP contribution in [-0.4, -0.2) is 31.4 Å². The Morgan fingerprint density at radius 3 is 2.28 bits per heavy atom. The zero-order chi connectivity index (χ0) is 18.2. The lowest BCUT2D eigenvalue weighted by Gasteiger charge is -2.10. The molecule has 2 rings (SSSR count). The molecule has 0 aromatic heterocycles. The zero-order valence-electron chi connectivity index (χ0n) is 14.4. The van der Waals surface area contributed by atoms with Crippen LogP contribution < -0.4 is 10.1 Å².